The third kappa shape index (κ3) is 5.10. The first-order valence-electron chi connectivity index (χ1n) is 6.32. The van der Waals surface area contributed by atoms with E-state index >= 15 is 0 Å². The molecule has 6 nitrogen and oxygen atoms in total. The van der Waals surface area contributed by atoms with Gasteiger partial charge < -0.3 is 5.32 Å². The Hall–Kier alpha value is -1.81. The minimum Gasteiger partial charge on any atom is -0.346 e. The number of nitrogens with zero attached hydrogens (tertiary/aromatic N) is 4. The summed E-state index contributed by atoms with van der Waals surface area (Å²) in [5.74, 6) is -0.752. The molecule has 1 atom stereocenters. The first kappa shape index (κ1) is 17.5. The minimum absolute atomic E-state index is 0.280. The van der Waals surface area contributed by atoms with E-state index in [2.05, 4.69) is 15.5 Å². The summed E-state index contributed by atoms with van der Waals surface area (Å²) in [6.45, 7) is 0.0934. The van der Waals surface area contributed by atoms with Crippen LogP contribution in [-0.2, 0) is 4.79 Å². The maximum absolute atomic E-state index is 12.1. The van der Waals surface area contributed by atoms with Crippen LogP contribution in [0.25, 0.3) is 5.69 Å². The van der Waals surface area contributed by atoms with Crippen molar-refractivity contribution in [3.05, 3.63) is 29.3 Å². The molecule has 0 aliphatic heterocycles. The molecule has 0 saturated heterocycles. The predicted molar refractivity (Wildman–Crippen MR) is 78.5 cm³/mol. The Bertz CT molecular complexity index is 676. The number of alkyl halides is 3. The van der Waals surface area contributed by atoms with Gasteiger partial charge in [-0.25, -0.2) is 0 Å². The van der Waals surface area contributed by atoms with Gasteiger partial charge in [0, 0.05) is 5.02 Å². The summed E-state index contributed by atoms with van der Waals surface area (Å²) in [5.41, 5.74) is 0.616. The molecule has 11 heteroatoms. The fourth-order valence-corrected chi connectivity index (χ4v) is 2.50. The molecule has 2 rings (SSSR count). The van der Waals surface area contributed by atoms with E-state index in [0.29, 0.717) is 10.7 Å². The van der Waals surface area contributed by atoms with E-state index < -0.39 is 23.9 Å². The van der Waals surface area contributed by atoms with Gasteiger partial charge >= 0.3 is 6.18 Å². The highest BCUT2D eigenvalue weighted by atomic mass is 35.5. The largest absolute Gasteiger partial charge is 0.405 e. The minimum atomic E-state index is -4.45. The predicted octanol–water partition coefficient (Wildman–Crippen LogP) is 2.47. The van der Waals surface area contributed by atoms with Crippen LogP contribution >= 0.6 is 23.4 Å². The summed E-state index contributed by atoms with van der Waals surface area (Å²) in [7, 11) is 0. The second kappa shape index (κ2) is 7.18. The second-order valence-electron chi connectivity index (χ2n) is 4.44. The Morgan fingerprint density at radius 2 is 2.04 bits per heavy atom. The van der Waals surface area contributed by atoms with Crippen molar-refractivity contribution in [1.29, 1.82) is 0 Å². The third-order valence-electron chi connectivity index (χ3n) is 2.63. The summed E-state index contributed by atoms with van der Waals surface area (Å²) < 4.78 is 37.7. The number of carbonyl (C=O) groups excluding carboxylic acids is 1. The summed E-state index contributed by atoms with van der Waals surface area (Å²) in [6.07, 6.45) is -4.45. The van der Waals surface area contributed by atoms with Gasteiger partial charge in [0.15, 0.2) is 0 Å². The molecule has 0 bridgehead atoms. The molecule has 1 heterocycles. The Morgan fingerprint density at radius 3 is 2.65 bits per heavy atom. The molecule has 0 radical (unpaired) electrons. The molecular weight excluding hydrogens is 355 g/mol. The van der Waals surface area contributed by atoms with Crippen LogP contribution in [0, 0.1) is 0 Å². The van der Waals surface area contributed by atoms with E-state index in [1.54, 1.807) is 24.3 Å². The van der Waals surface area contributed by atoms with Crippen molar-refractivity contribution >= 4 is 29.3 Å². The quantitative estimate of drug-likeness (QED) is 0.824. The monoisotopic (exact) mass is 365 g/mol. The topological polar surface area (TPSA) is 72.7 Å². The molecule has 1 amide bonds. The maximum atomic E-state index is 12.1. The van der Waals surface area contributed by atoms with Gasteiger partial charge in [0.1, 0.15) is 6.54 Å². The van der Waals surface area contributed by atoms with Gasteiger partial charge in [0.25, 0.3) is 0 Å². The zero-order valence-corrected chi connectivity index (χ0v) is 13.3. The Labute approximate surface area is 138 Å². The maximum Gasteiger partial charge on any atom is 0.405 e. The lowest BCUT2D eigenvalue weighted by Gasteiger charge is -2.13. The fraction of sp³-hybridized carbons (Fsp3) is 0.333. The van der Waals surface area contributed by atoms with Crippen molar-refractivity contribution in [3.63, 3.8) is 0 Å². The fourth-order valence-electron chi connectivity index (χ4n) is 1.54. The molecule has 0 saturated carbocycles. The lowest BCUT2D eigenvalue weighted by molar-refractivity contribution is -0.137. The summed E-state index contributed by atoms with van der Waals surface area (Å²) >= 11 is 6.75. The first-order valence-corrected chi connectivity index (χ1v) is 7.57. The van der Waals surface area contributed by atoms with E-state index in [4.69, 9.17) is 11.6 Å². The number of amides is 1. The Balaban J connectivity index is 2.05. The summed E-state index contributed by atoms with van der Waals surface area (Å²) in [5, 5.41) is 12.9. The van der Waals surface area contributed by atoms with Crippen LogP contribution in [0.3, 0.4) is 0 Å². The average molecular weight is 366 g/mol. The molecule has 23 heavy (non-hydrogen) atoms. The van der Waals surface area contributed by atoms with Crippen molar-refractivity contribution in [3.8, 4) is 5.69 Å². The van der Waals surface area contributed by atoms with Crippen molar-refractivity contribution in [2.24, 2.45) is 0 Å². The van der Waals surface area contributed by atoms with Gasteiger partial charge in [-0.1, -0.05) is 23.4 Å². The van der Waals surface area contributed by atoms with E-state index in [9.17, 15) is 18.0 Å². The third-order valence-corrected chi connectivity index (χ3v) is 3.91. The highest BCUT2D eigenvalue weighted by Gasteiger charge is 2.29. The SMILES string of the molecule is C[C@H](Sc1nnnn1-c1ccc(Cl)cc1)C(=O)NCC(F)(F)F. The lowest BCUT2D eigenvalue weighted by Crippen LogP contribution is -2.38. The van der Waals surface area contributed by atoms with Crippen LogP contribution in [-0.4, -0.2) is 44.1 Å². The molecule has 0 fully saturated rings. The van der Waals surface area contributed by atoms with Gasteiger partial charge in [-0.2, -0.15) is 17.9 Å². The van der Waals surface area contributed by atoms with Crippen LogP contribution in [0.1, 0.15) is 6.92 Å². The number of nitrogens with one attached hydrogen (secondary N) is 1. The zero-order valence-electron chi connectivity index (χ0n) is 11.7. The van der Waals surface area contributed by atoms with Crippen molar-refractivity contribution in [1.82, 2.24) is 25.5 Å². The van der Waals surface area contributed by atoms with Gasteiger partial charge in [0.05, 0.1) is 10.9 Å². The van der Waals surface area contributed by atoms with Crippen LogP contribution in [0.5, 0.6) is 0 Å². The Kier molecular flexibility index (Phi) is 5.47. The van der Waals surface area contributed by atoms with Gasteiger partial charge in [-0.05, 0) is 41.6 Å². The van der Waals surface area contributed by atoms with E-state index in [0.717, 1.165) is 11.8 Å². The van der Waals surface area contributed by atoms with Crippen molar-refractivity contribution in [2.45, 2.75) is 23.5 Å². The number of benzene rings is 1. The smallest absolute Gasteiger partial charge is 0.346 e. The molecule has 2 aromatic rings. The number of rotatable bonds is 5. The molecule has 1 aromatic carbocycles. The number of carbonyl (C=O) groups is 1. The number of hydrogen-bond donors (Lipinski definition) is 1. The molecule has 0 aliphatic rings. The van der Waals surface area contributed by atoms with Crippen LogP contribution in [0.15, 0.2) is 29.4 Å². The summed E-state index contributed by atoms with van der Waals surface area (Å²) in [4.78, 5) is 11.7. The zero-order chi connectivity index (χ0) is 17.0. The molecule has 124 valence electrons. The molecule has 0 unspecified atom stereocenters. The molecule has 1 N–H and O–H groups in total. The lowest BCUT2D eigenvalue weighted by atomic mass is 10.3. The number of aromatic nitrogens is 4. The summed E-state index contributed by atoms with van der Waals surface area (Å²) in [6, 6.07) is 6.65. The molecule has 0 spiro atoms. The van der Waals surface area contributed by atoms with Crippen LogP contribution < -0.4 is 5.32 Å². The Morgan fingerprint density at radius 1 is 1.39 bits per heavy atom. The standard InChI is InChI=1S/C12H11ClF3N5OS/c1-7(10(22)17-6-12(14,15)16)23-11-18-19-20-21(11)9-4-2-8(13)3-5-9/h2-5,7H,6H2,1H3,(H,17,22)/t7-/m0/s1. The number of tetrazole rings is 1. The molecule has 1 aromatic heterocycles. The van der Waals surface area contributed by atoms with Gasteiger partial charge in [-0.3, -0.25) is 4.79 Å². The second-order valence-corrected chi connectivity index (χ2v) is 6.19. The number of thioether (sulfide) groups is 1. The van der Waals surface area contributed by atoms with E-state index in [1.807, 2.05) is 5.32 Å². The van der Waals surface area contributed by atoms with Gasteiger partial charge in [-0.15, -0.1) is 5.10 Å². The molecular formula is C12H11ClF3N5OS. The van der Waals surface area contributed by atoms with Crippen LogP contribution in [0.2, 0.25) is 5.02 Å². The average Bonchev–Trinajstić information content (AvgIpc) is 2.93. The normalized spacial score (nSPS) is 12.9. The highest BCUT2D eigenvalue weighted by Crippen LogP contribution is 2.24. The van der Waals surface area contributed by atoms with Gasteiger partial charge in [0.2, 0.25) is 11.1 Å². The van der Waals surface area contributed by atoms with Crippen LogP contribution in [0.4, 0.5) is 13.2 Å². The van der Waals surface area contributed by atoms with Crippen molar-refractivity contribution < 1.29 is 18.0 Å². The number of halogens is 4. The first-order chi connectivity index (χ1) is 10.8. The number of hydrogen-bond acceptors (Lipinski definition) is 5. The van der Waals surface area contributed by atoms with E-state index in [1.165, 1.54) is 11.6 Å². The molecule has 0 aliphatic carbocycles. The van der Waals surface area contributed by atoms with E-state index in [-0.39, 0.29) is 5.16 Å². The van der Waals surface area contributed by atoms with Crippen molar-refractivity contribution in [2.75, 3.05) is 6.54 Å². The highest BCUT2D eigenvalue weighted by molar-refractivity contribution is 8.00.